The van der Waals surface area contributed by atoms with E-state index in [9.17, 15) is 10.1 Å². The molecule has 1 aliphatic rings. The second-order valence-electron chi connectivity index (χ2n) is 5.97. The SMILES string of the molecule is CCC(NCC(C)N(C)C1CC1)c1cccc([N+](=O)[O-])c1. The number of nitro groups is 1. The molecule has 0 aliphatic heterocycles. The molecule has 0 aromatic heterocycles. The van der Waals surface area contributed by atoms with Gasteiger partial charge in [-0.25, -0.2) is 0 Å². The first-order valence-electron chi connectivity index (χ1n) is 7.72. The topological polar surface area (TPSA) is 58.4 Å². The Balaban J connectivity index is 1.95. The lowest BCUT2D eigenvalue weighted by Gasteiger charge is -2.27. The molecule has 0 heterocycles. The summed E-state index contributed by atoms with van der Waals surface area (Å²) in [6, 6.07) is 8.34. The molecule has 1 N–H and O–H groups in total. The van der Waals surface area contributed by atoms with Crippen LogP contribution in [0.5, 0.6) is 0 Å². The molecule has 0 saturated heterocycles. The van der Waals surface area contributed by atoms with Crippen LogP contribution in [0, 0.1) is 10.1 Å². The van der Waals surface area contributed by atoms with Gasteiger partial charge in [0.1, 0.15) is 0 Å². The third kappa shape index (κ3) is 4.25. The lowest BCUT2D eigenvalue weighted by Crippen LogP contribution is -2.40. The highest BCUT2D eigenvalue weighted by Gasteiger charge is 2.29. The van der Waals surface area contributed by atoms with Gasteiger partial charge in [0.05, 0.1) is 4.92 Å². The predicted octanol–water partition coefficient (Wildman–Crippen LogP) is 3.12. The minimum Gasteiger partial charge on any atom is -0.308 e. The predicted molar refractivity (Wildman–Crippen MR) is 84.4 cm³/mol. The van der Waals surface area contributed by atoms with Gasteiger partial charge in [-0.05, 0) is 38.8 Å². The molecule has 1 fully saturated rings. The summed E-state index contributed by atoms with van der Waals surface area (Å²) < 4.78 is 0. The summed E-state index contributed by atoms with van der Waals surface area (Å²) in [5, 5.41) is 14.4. The van der Waals surface area contributed by atoms with Crippen LogP contribution in [0.4, 0.5) is 5.69 Å². The summed E-state index contributed by atoms with van der Waals surface area (Å²) in [6.07, 6.45) is 3.53. The van der Waals surface area contributed by atoms with Crippen molar-refractivity contribution in [3.63, 3.8) is 0 Å². The molecule has 2 atom stereocenters. The minimum absolute atomic E-state index is 0.163. The van der Waals surface area contributed by atoms with Crippen LogP contribution in [-0.4, -0.2) is 35.5 Å². The largest absolute Gasteiger partial charge is 0.308 e. The van der Waals surface area contributed by atoms with Crippen LogP contribution in [0.25, 0.3) is 0 Å². The second kappa shape index (κ2) is 7.00. The molecule has 2 unspecified atom stereocenters. The quantitative estimate of drug-likeness (QED) is 0.590. The molecule has 5 heteroatoms. The van der Waals surface area contributed by atoms with Gasteiger partial charge in [0.2, 0.25) is 0 Å². The van der Waals surface area contributed by atoms with Crippen molar-refractivity contribution in [3.8, 4) is 0 Å². The van der Waals surface area contributed by atoms with E-state index in [0.29, 0.717) is 6.04 Å². The Hall–Kier alpha value is -1.46. The number of non-ortho nitro benzene ring substituents is 1. The molecule has 2 rings (SSSR count). The third-order valence-electron chi connectivity index (χ3n) is 4.37. The van der Waals surface area contributed by atoms with Gasteiger partial charge in [-0.2, -0.15) is 0 Å². The van der Waals surface area contributed by atoms with Gasteiger partial charge in [0.25, 0.3) is 5.69 Å². The highest BCUT2D eigenvalue weighted by molar-refractivity contribution is 5.35. The van der Waals surface area contributed by atoms with E-state index in [0.717, 1.165) is 24.6 Å². The zero-order valence-electron chi connectivity index (χ0n) is 13.1. The highest BCUT2D eigenvalue weighted by Crippen LogP contribution is 2.27. The maximum Gasteiger partial charge on any atom is 0.269 e. The van der Waals surface area contributed by atoms with Crippen molar-refractivity contribution in [1.82, 2.24) is 10.2 Å². The van der Waals surface area contributed by atoms with E-state index >= 15 is 0 Å². The summed E-state index contributed by atoms with van der Waals surface area (Å²) in [5.41, 5.74) is 1.16. The summed E-state index contributed by atoms with van der Waals surface area (Å²) in [7, 11) is 2.18. The van der Waals surface area contributed by atoms with Gasteiger partial charge >= 0.3 is 0 Å². The molecule has 0 radical (unpaired) electrons. The molecule has 1 saturated carbocycles. The molecule has 21 heavy (non-hydrogen) atoms. The Labute approximate surface area is 126 Å². The summed E-state index contributed by atoms with van der Waals surface area (Å²) in [6.45, 7) is 5.23. The molecule has 1 aromatic rings. The van der Waals surface area contributed by atoms with Crippen LogP contribution >= 0.6 is 0 Å². The second-order valence-corrected chi connectivity index (χ2v) is 5.97. The Morgan fingerprint density at radius 2 is 2.19 bits per heavy atom. The standard InChI is InChI=1S/C16H25N3O2/c1-4-16(13-6-5-7-15(10-13)19(20)21)17-11-12(2)18(3)14-8-9-14/h5-7,10,12,14,16-17H,4,8-9,11H2,1-3H3. The number of rotatable bonds is 8. The van der Waals surface area contributed by atoms with Gasteiger partial charge < -0.3 is 5.32 Å². The van der Waals surface area contributed by atoms with Crippen LogP contribution < -0.4 is 5.32 Å². The van der Waals surface area contributed by atoms with Crippen molar-refractivity contribution in [1.29, 1.82) is 0 Å². The zero-order valence-corrected chi connectivity index (χ0v) is 13.1. The smallest absolute Gasteiger partial charge is 0.269 e. The molecular weight excluding hydrogens is 266 g/mol. The Bertz CT molecular complexity index is 488. The maximum absolute atomic E-state index is 10.9. The Morgan fingerprint density at radius 3 is 2.76 bits per heavy atom. The van der Waals surface area contributed by atoms with Crippen LogP contribution in [0.3, 0.4) is 0 Å². The van der Waals surface area contributed by atoms with E-state index in [2.05, 4.69) is 31.1 Å². The molecule has 1 aromatic carbocycles. The van der Waals surface area contributed by atoms with Gasteiger partial charge in [0.15, 0.2) is 0 Å². The molecule has 0 bridgehead atoms. The number of hydrogen-bond acceptors (Lipinski definition) is 4. The summed E-state index contributed by atoms with van der Waals surface area (Å²) in [5.74, 6) is 0. The van der Waals surface area contributed by atoms with Crippen LogP contribution in [0.2, 0.25) is 0 Å². The van der Waals surface area contributed by atoms with Crippen LogP contribution in [0.15, 0.2) is 24.3 Å². The first-order chi connectivity index (χ1) is 10.0. The fourth-order valence-electron chi connectivity index (χ4n) is 2.65. The van der Waals surface area contributed by atoms with Crippen molar-refractivity contribution in [2.24, 2.45) is 0 Å². The average molecular weight is 291 g/mol. The Kier molecular flexibility index (Phi) is 5.31. The van der Waals surface area contributed by atoms with Crippen molar-refractivity contribution in [2.75, 3.05) is 13.6 Å². The third-order valence-corrected chi connectivity index (χ3v) is 4.37. The summed E-state index contributed by atoms with van der Waals surface area (Å²) >= 11 is 0. The monoisotopic (exact) mass is 291 g/mol. The summed E-state index contributed by atoms with van der Waals surface area (Å²) in [4.78, 5) is 13.0. The zero-order chi connectivity index (χ0) is 15.4. The number of hydrogen-bond donors (Lipinski definition) is 1. The van der Waals surface area contributed by atoms with Crippen LogP contribution in [-0.2, 0) is 0 Å². The molecule has 5 nitrogen and oxygen atoms in total. The van der Waals surface area contributed by atoms with Crippen molar-refractivity contribution >= 4 is 5.69 Å². The van der Waals surface area contributed by atoms with Crippen molar-refractivity contribution < 1.29 is 4.92 Å². The first kappa shape index (κ1) is 15.9. The minimum atomic E-state index is -0.334. The lowest BCUT2D eigenvalue weighted by molar-refractivity contribution is -0.384. The molecular formula is C16H25N3O2. The fraction of sp³-hybridized carbons (Fsp3) is 0.625. The normalized spacial score (nSPS) is 17.7. The van der Waals surface area contributed by atoms with E-state index in [-0.39, 0.29) is 16.7 Å². The van der Waals surface area contributed by atoms with E-state index in [4.69, 9.17) is 0 Å². The lowest BCUT2D eigenvalue weighted by atomic mass is 10.0. The van der Waals surface area contributed by atoms with Crippen molar-refractivity contribution in [2.45, 2.75) is 51.2 Å². The number of nitrogens with zero attached hydrogens (tertiary/aromatic N) is 2. The number of likely N-dealkylation sites (N-methyl/N-ethyl adjacent to an activating group) is 1. The average Bonchev–Trinajstić information content (AvgIpc) is 3.31. The van der Waals surface area contributed by atoms with Gasteiger partial charge in [0, 0.05) is 36.8 Å². The van der Waals surface area contributed by atoms with E-state index in [1.807, 2.05) is 6.07 Å². The van der Waals surface area contributed by atoms with Crippen molar-refractivity contribution in [3.05, 3.63) is 39.9 Å². The number of nitrogens with one attached hydrogen (secondary N) is 1. The fourth-order valence-corrected chi connectivity index (χ4v) is 2.65. The molecule has 1 aliphatic carbocycles. The van der Waals surface area contributed by atoms with E-state index < -0.39 is 0 Å². The van der Waals surface area contributed by atoms with E-state index in [1.165, 1.54) is 12.8 Å². The van der Waals surface area contributed by atoms with E-state index in [1.54, 1.807) is 18.2 Å². The molecule has 0 spiro atoms. The van der Waals surface area contributed by atoms with Crippen LogP contribution in [0.1, 0.15) is 44.7 Å². The van der Waals surface area contributed by atoms with Gasteiger partial charge in [-0.15, -0.1) is 0 Å². The first-order valence-corrected chi connectivity index (χ1v) is 7.72. The number of benzene rings is 1. The molecule has 116 valence electrons. The Morgan fingerprint density at radius 1 is 1.48 bits per heavy atom. The molecule has 0 amide bonds. The highest BCUT2D eigenvalue weighted by atomic mass is 16.6. The van der Waals surface area contributed by atoms with Gasteiger partial charge in [-0.3, -0.25) is 15.0 Å². The van der Waals surface area contributed by atoms with Gasteiger partial charge in [-0.1, -0.05) is 19.1 Å². The number of nitro benzene ring substituents is 1. The maximum atomic E-state index is 10.9.